The first kappa shape index (κ1) is 7.49. The summed E-state index contributed by atoms with van der Waals surface area (Å²) in [6.45, 7) is 1.79. The Morgan fingerprint density at radius 1 is 1.50 bits per heavy atom. The van der Waals surface area contributed by atoms with Crippen LogP contribution in [-0.2, 0) is 0 Å². The average molecular weight is 164 g/mol. The number of aliphatic imine (C=N–C) groups is 2. The van der Waals surface area contributed by atoms with E-state index in [1.807, 2.05) is 24.7 Å². The lowest BCUT2D eigenvalue weighted by Gasteiger charge is -2.29. The lowest BCUT2D eigenvalue weighted by Crippen LogP contribution is -2.45. The fourth-order valence-corrected chi connectivity index (χ4v) is 1.31. The standard InChI is InChI=1S/C8H12N4/c1-4-10-8(11-5-1)12-6-2-3-9-7-12/h1,3-5,8,10H,2,6-7H2. The first-order valence-electron chi connectivity index (χ1n) is 4.13. The van der Waals surface area contributed by atoms with Crippen molar-refractivity contribution in [2.75, 3.05) is 13.2 Å². The third-order valence-electron chi connectivity index (χ3n) is 1.94. The van der Waals surface area contributed by atoms with Crippen molar-refractivity contribution in [3.8, 4) is 0 Å². The second-order valence-corrected chi connectivity index (χ2v) is 2.81. The van der Waals surface area contributed by atoms with Gasteiger partial charge >= 0.3 is 0 Å². The van der Waals surface area contributed by atoms with Crippen molar-refractivity contribution in [2.24, 2.45) is 9.98 Å². The molecule has 12 heavy (non-hydrogen) atoms. The van der Waals surface area contributed by atoms with Gasteiger partial charge < -0.3 is 5.32 Å². The van der Waals surface area contributed by atoms with Crippen LogP contribution in [0.25, 0.3) is 0 Å². The van der Waals surface area contributed by atoms with E-state index in [0.29, 0.717) is 0 Å². The van der Waals surface area contributed by atoms with Crippen molar-refractivity contribution in [1.82, 2.24) is 10.2 Å². The monoisotopic (exact) mass is 164 g/mol. The molecule has 0 saturated carbocycles. The van der Waals surface area contributed by atoms with Crippen LogP contribution in [0.3, 0.4) is 0 Å². The van der Waals surface area contributed by atoms with Crippen molar-refractivity contribution >= 4 is 12.4 Å². The number of allylic oxidation sites excluding steroid dienone is 1. The minimum Gasteiger partial charge on any atom is -0.357 e. The van der Waals surface area contributed by atoms with E-state index >= 15 is 0 Å². The van der Waals surface area contributed by atoms with Crippen LogP contribution in [0, 0.1) is 0 Å². The van der Waals surface area contributed by atoms with Gasteiger partial charge in [0.05, 0.1) is 6.67 Å². The predicted molar refractivity (Wildman–Crippen MR) is 49.2 cm³/mol. The van der Waals surface area contributed by atoms with Crippen molar-refractivity contribution in [3.05, 3.63) is 12.3 Å². The van der Waals surface area contributed by atoms with Crippen LogP contribution >= 0.6 is 0 Å². The largest absolute Gasteiger partial charge is 0.357 e. The number of rotatable bonds is 1. The quantitative estimate of drug-likeness (QED) is 0.601. The van der Waals surface area contributed by atoms with E-state index in [1.54, 1.807) is 0 Å². The summed E-state index contributed by atoms with van der Waals surface area (Å²) in [7, 11) is 0. The Balaban J connectivity index is 1.95. The van der Waals surface area contributed by atoms with Gasteiger partial charge in [0, 0.05) is 25.2 Å². The number of nitrogens with zero attached hydrogens (tertiary/aromatic N) is 3. The van der Waals surface area contributed by atoms with Crippen LogP contribution in [0.5, 0.6) is 0 Å². The van der Waals surface area contributed by atoms with Gasteiger partial charge in [0.15, 0.2) is 6.29 Å². The van der Waals surface area contributed by atoms with Gasteiger partial charge in [-0.2, -0.15) is 0 Å². The second-order valence-electron chi connectivity index (χ2n) is 2.81. The molecule has 4 nitrogen and oxygen atoms in total. The van der Waals surface area contributed by atoms with Crippen LogP contribution in [0.15, 0.2) is 22.3 Å². The first-order chi connectivity index (χ1) is 5.97. The highest BCUT2D eigenvalue weighted by molar-refractivity contribution is 5.71. The van der Waals surface area contributed by atoms with E-state index in [0.717, 1.165) is 19.6 Å². The summed E-state index contributed by atoms with van der Waals surface area (Å²) in [6, 6.07) is 0. The van der Waals surface area contributed by atoms with Gasteiger partial charge in [0.2, 0.25) is 0 Å². The van der Waals surface area contributed by atoms with Gasteiger partial charge in [0.1, 0.15) is 0 Å². The SMILES string of the molecule is C1=CNC(N2CCC=NC2)N=C1. The molecule has 2 heterocycles. The number of hydrogen-bond donors (Lipinski definition) is 1. The van der Waals surface area contributed by atoms with Gasteiger partial charge in [0.25, 0.3) is 0 Å². The summed E-state index contributed by atoms with van der Waals surface area (Å²) < 4.78 is 0. The maximum Gasteiger partial charge on any atom is 0.177 e. The Morgan fingerprint density at radius 2 is 2.50 bits per heavy atom. The van der Waals surface area contributed by atoms with Crippen LogP contribution < -0.4 is 5.32 Å². The molecule has 0 aromatic heterocycles. The molecule has 1 atom stereocenters. The van der Waals surface area contributed by atoms with E-state index in [9.17, 15) is 0 Å². The minimum atomic E-state index is 0.0902. The summed E-state index contributed by atoms with van der Waals surface area (Å²) in [6.07, 6.45) is 8.71. The number of hydrogen-bond acceptors (Lipinski definition) is 4. The average Bonchev–Trinajstić information content (AvgIpc) is 2.21. The molecule has 0 aliphatic carbocycles. The Kier molecular flexibility index (Phi) is 2.18. The fraction of sp³-hybridized carbons (Fsp3) is 0.500. The third kappa shape index (κ3) is 1.53. The molecule has 0 aromatic rings. The highest BCUT2D eigenvalue weighted by Gasteiger charge is 2.16. The molecule has 0 aromatic carbocycles. The predicted octanol–water partition coefficient (Wildman–Crippen LogP) is 0.192. The minimum absolute atomic E-state index is 0.0902. The first-order valence-corrected chi connectivity index (χ1v) is 4.13. The zero-order valence-corrected chi connectivity index (χ0v) is 6.85. The summed E-state index contributed by atoms with van der Waals surface area (Å²) in [5.74, 6) is 0. The number of nitrogens with one attached hydrogen (secondary N) is 1. The van der Waals surface area contributed by atoms with Crippen molar-refractivity contribution in [2.45, 2.75) is 12.7 Å². The van der Waals surface area contributed by atoms with E-state index in [2.05, 4.69) is 20.2 Å². The van der Waals surface area contributed by atoms with E-state index in [1.165, 1.54) is 0 Å². The van der Waals surface area contributed by atoms with Crippen molar-refractivity contribution in [3.63, 3.8) is 0 Å². The molecule has 2 rings (SSSR count). The highest BCUT2D eigenvalue weighted by atomic mass is 15.4. The van der Waals surface area contributed by atoms with Gasteiger partial charge in [-0.3, -0.25) is 9.98 Å². The molecule has 64 valence electrons. The topological polar surface area (TPSA) is 40.0 Å². The molecule has 0 radical (unpaired) electrons. The molecule has 1 unspecified atom stereocenters. The molecular weight excluding hydrogens is 152 g/mol. The molecule has 0 fully saturated rings. The van der Waals surface area contributed by atoms with E-state index in [4.69, 9.17) is 0 Å². The zero-order chi connectivity index (χ0) is 8.23. The maximum absolute atomic E-state index is 4.28. The fourth-order valence-electron chi connectivity index (χ4n) is 1.31. The van der Waals surface area contributed by atoms with Crippen molar-refractivity contribution < 1.29 is 0 Å². The maximum atomic E-state index is 4.28. The van der Waals surface area contributed by atoms with Gasteiger partial charge in [-0.1, -0.05) is 0 Å². The van der Waals surface area contributed by atoms with E-state index in [-0.39, 0.29) is 6.29 Å². The van der Waals surface area contributed by atoms with Crippen LogP contribution in [0.2, 0.25) is 0 Å². The second kappa shape index (κ2) is 3.49. The molecule has 0 spiro atoms. The third-order valence-corrected chi connectivity index (χ3v) is 1.94. The zero-order valence-electron chi connectivity index (χ0n) is 6.85. The normalized spacial score (nSPS) is 28.8. The summed E-state index contributed by atoms with van der Waals surface area (Å²) in [5, 5.41) is 3.16. The molecule has 4 heteroatoms. The summed E-state index contributed by atoms with van der Waals surface area (Å²) in [5.41, 5.74) is 0. The molecule has 2 aliphatic rings. The van der Waals surface area contributed by atoms with E-state index < -0.39 is 0 Å². The Morgan fingerprint density at radius 3 is 3.17 bits per heavy atom. The Labute approximate surface area is 71.7 Å². The Hall–Kier alpha value is -1.16. The lowest BCUT2D eigenvalue weighted by atomic mass is 10.4. The Bertz CT molecular complexity index is 231. The lowest BCUT2D eigenvalue weighted by molar-refractivity contribution is 0.188. The molecule has 0 saturated heterocycles. The molecule has 0 bridgehead atoms. The summed E-state index contributed by atoms with van der Waals surface area (Å²) in [4.78, 5) is 10.7. The van der Waals surface area contributed by atoms with Gasteiger partial charge in [-0.15, -0.1) is 0 Å². The molecular formula is C8H12N4. The highest BCUT2D eigenvalue weighted by Crippen LogP contribution is 2.04. The molecule has 1 N–H and O–H groups in total. The molecule has 2 aliphatic heterocycles. The van der Waals surface area contributed by atoms with Crippen LogP contribution in [0.1, 0.15) is 6.42 Å². The van der Waals surface area contributed by atoms with Crippen LogP contribution in [-0.4, -0.2) is 36.8 Å². The van der Waals surface area contributed by atoms with Crippen molar-refractivity contribution in [1.29, 1.82) is 0 Å². The summed E-state index contributed by atoms with van der Waals surface area (Å²) >= 11 is 0. The smallest absolute Gasteiger partial charge is 0.177 e. The molecule has 0 amide bonds. The van der Waals surface area contributed by atoms with Gasteiger partial charge in [-0.05, 0) is 12.5 Å². The van der Waals surface area contributed by atoms with Crippen LogP contribution in [0.4, 0.5) is 0 Å². The van der Waals surface area contributed by atoms with Gasteiger partial charge in [-0.25, -0.2) is 4.90 Å².